The van der Waals surface area contributed by atoms with E-state index in [0.29, 0.717) is 17.5 Å². The lowest BCUT2D eigenvalue weighted by atomic mass is 10.0. The van der Waals surface area contributed by atoms with Crippen LogP contribution in [-0.2, 0) is 14.3 Å². The van der Waals surface area contributed by atoms with E-state index >= 15 is 0 Å². The van der Waals surface area contributed by atoms with Crippen molar-refractivity contribution >= 4 is 23.8 Å². The minimum Gasteiger partial charge on any atom is -0.486 e. The Bertz CT molecular complexity index is 1290. The summed E-state index contributed by atoms with van der Waals surface area (Å²) in [6.45, 7) is 5.33. The molecule has 38 heavy (non-hydrogen) atoms. The van der Waals surface area contributed by atoms with Crippen LogP contribution in [0.15, 0.2) is 36.5 Å². The molecule has 1 saturated carbocycles. The van der Waals surface area contributed by atoms with Crippen molar-refractivity contribution in [2.45, 2.75) is 51.5 Å². The summed E-state index contributed by atoms with van der Waals surface area (Å²) >= 11 is 0. The van der Waals surface area contributed by atoms with Crippen LogP contribution in [0.2, 0.25) is 0 Å². The van der Waals surface area contributed by atoms with Crippen molar-refractivity contribution in [1.82, 2.24) is 9.88 Å². The normalized spacial score (nSPS) is 22.7. The summed E-state index contributed by atoms with van der Waals surface area (Å²) in [5.41, 5.74) is 0.840. The van der Waals surface area contributed by atoms with Gasteiger partial charge in [-0.2, -0.15) is 5.26 Å². The fourth-order valence-corrected chi connectivity index (χ4v) is 4.23. The number of carbonyl (C=O) groups is 3. The SMILES string of the molecule is CC(C)(C)OC(=O)N1CC[C@H](Oc2ccc(-c3ccnc(NC(=O)[C@@H]4C[C@H]4C(=O)O)c3)cc2C#N)[C@H](F)C1. The van der Waals surface area contributed by atoms with Crippen LogP contribution < -0.4 is 10.1 Å². The number of nitrogens with zero attached hydrogens (tertiary/aromatic N) is 3. The van der Waals surface area contributed by atoms with Gasteiger partial charge in [-0.1, -0.05) is 6.07 Å². The van der Waals surface area contributed by atoms with Gasteiger partial charge in [0.2, 0.25) is 5.91 Å². The number of alkyl halides is 1. The summed E-state index contributed by atoms with van der Waals surface area (Å²) in [5, 5.41) is 21.4. The second-order valence-corrected chi connectivity index (χ2v) is 10.4. The number of likely N-dealkylation sites (tertiary alicyclic amines) is 1. The van der Waals surface area contributed by atoms with Crippen molar-refractivity contribution in [3.8, 4) is 22.9 Å². The number of piperidine rings is 1. The van der Waals surface area contributed by atoms with Crippen molar-refractivity contribution in [2.24, 2.45) is 11.8 Å². The molecule has 0 unspecified atom stereocenters. The van der Waals surface area contributed by atoms with Crippen molar-refractivity contribution in [3.05, 3.63) is 42.1 Å². The van der Waals surface area contributed by atoms with Crippen molar-refractivity contribution in [2.75, 3.05) is 18.4 Å². The van der Waals surface area contributed by atoms with Crippen molar-refractivity contribution in [3.63, 3.8) is 0 Å². The Morgan fingerprint density at radius 2 is 1.92 bits per heavy atom. The number of carbonyl (C=O) groups excluding carboxylic acids is 2. The number of hydrogen-bond acceptors (Lipinski definition) is 7. The summed E-state index contributed by atoms with van der Waals surface area (Å²) in [5.74, 6) is -2.15. The first kappa shape index (κ1) is 26.9. The average Bonchev–Trinajstić information content (AvgIpc) is 3.66. The van der Waals surface area contributed by atoms with E-state index < -0.39 is 47.7 Å². The van der Waals surface area contributed by atoms with Crippen molar-refractivity contribution < 1.29 is 33.4 Å². The number of hydrogen-bond donors (Lipinski definition) is 2. The molecule has 2 N–H and O–H groups in total. The van der Waals surface area contributed by atoms with Crippen LogP contribution in [0.4, 0.5) is 15.0 Å². The first-order valence-corrected chi connectivity index (χ1v) is 12.3. The summed E-state index contributed by atoms with van der Waals surface area (Å²) in [6, 6.07) is 10.3. The molecule has 10 nitrogen and oxygen atoms in total. The average molecular weight is 525 g/mol. The minimum absolute atomic E-state index is 0.168. The zero-order valence-corrected chi connectivity index (χ0v) is 21.3. The van der Waals surface area contributed by atoms with E-state index in [4.69, 9.17) is 14.6 Å². The number of benzene rings is 1. The van der Waals surface area contributed by atoms with Gasteiger partial charge in [-0.25, -0.2) is 14.2 Å². The fraction of sp³-hybridized carbons (Fsp3) is 0.444. The van der Waals surface area contributed by atoms with Gasteiger partial charge in [-0.3, -0.25) is 9.59 Å². The third-order valence-electron chi connectivity index (χ3n) is 6.30. The van der Waals surface area contributed by atoms with Crippen LogP contribution in [0.1, 0.15) is 39.2 Å². The van der Waals surface area contributed by atoms with Crippen molar-refractivity contribution in [1.29, 1.82) is 5.26 Å². The zero-order chi connectivity index (χ0) is 27.6. The molecule has 11 heteroatoms. The first-order valence-electron chi connectivity index (χ1n) is 12.3. The number of anilines is 1. The molecule has 1 aliphatic heterocycles. The number of halogens is 1. The Morgan fingerprint density at radius 1 is 1.18 bits per heavy atom. The van der Waals surface area contributed by atoms with Crippen LogP contribution in [0.25, 0.3) is 11.1 Å². The Hall–Kier alpha value is -4.20. The number of ether oxygens (including phenoxy) is 2. The minimum atomic E-state index is -1.46. The van der Waals surface area contributed by atoms with Crippen LogP contribution in [0, 0.1) is 23.2 Å². The highest BCUT2D eigenvalue weighted by atomic mass is 19.1. The van der Waals surface area contributed by atoms with Gasteiger partial charge in [-0.05, 0) is 62.6 Å². The second-order valence-electron chi connectivity index (χ2n) is 10.4. The third kappa shape index (κ3) is 6.37. The molecule has 4 rings (SSSR count). The number of aliphatic carboxylic acids is 1. The highest BCUT2D eigenvalue weighted by molar-refractivity contribution is 5.98. The van der Waals surface area contributed by atoms with E-state index in [1.807, 2.05) is 0 Å². The summed E-state index contributed by atoms with van der Waals surface area (Å²) in [6.07, 6.45) is -0.827. The lowest BCUT2D eigenvalue weighted by Gasteiger charge is -2.35. The second kappa shape index (κ2) is 10.7. The van der Waals surface area contributed by atoms with E-state index in [2.05, 4.69) is 16.4 Å². The van der Waals surface area contributed by atoms with Gasteiger partial charge in [0.05, 0.1) is 23.9 Å². The lowest BCUT2D eigenvalue weighted by Crippen LogP contribution is -2.50. The molecule has 1 aromatic carbocycles. The Kier molecular flexibility index (Phi) is 7.53. The van der Waals surface area contributed by atoms with Crippen LogP contribution >= 0.6 is 0 Å². The maximum absolute atomic E-state index is 14.9. The first-order chi connectivity index (χ1) is 17.9. The Labute approximate surface area is 219 Å². The predicted molar refractivity (Wildman–Crippen MR) is 134 cm³/mol. The molecule has 0 bridgehead atoms. The van der Waals surface area contributed by atoms with Gasteiger partial charge in [-0.15, -0.1) is 0 Å². The van der Waals surface area contributed by atoms with Crippen LogP contribution in [0.3, 0.4) is 0 Å². The highest BCUT2D eigenvalue weighted by Gasteiger charge is 2.48. The van der Waals surface area contributed by atoms with Gasteiger partial charge >= 0.3 is 12.1 Å². The van der Waals surface area contributed by atoms with E-state index in [9.17, 15) is 24.0 Å². The van der Waals surface area contributed by atoms with E-state index in [0.717, 1.165) is 0 Å². The molecule has 0 radical (unpaired) electrons. The topological polar surface area (TPSA) is 142 Å². The predicted octanol–water partition coefficient (Wildman–Crippen LogP) is 4.01. The number of rotatable bonds is 6. The van der Waals surface area contributed by atoms with Gasteiger partial charge in [0.25, 0.3) is 0 Å². The monoisotopic (exact) mass is 524 g/mol. The maximum Gasteiger partial charge on any atom is 0.410 e. The molecule has 2 fully saturated rings. The highest BCUT2D eigenvalue weighted by Crippen LogP contribution is 2.39. The Balaban J connectivity index is 1.41. The number of pyridine rings is 1. The van der Waals surface area contributed by atoms with E-state index in [1.54, 1.807) is 51.1 Å². The number of aromatic nitrogens is 1. The molecule has 2 aromatic rings. The van der Waals surface area contributed by atoms with Gasteiger partial charge < -0.3 is 24.8 Å². The quantitative estimate of drug-likeness (QED) is 0.577. The summed E-state index contributed by atoms with van der Waals surface area (Å²) in [4.78, 5) is 41.0. The Morgan fingerprint density at radius 3 is 2.55 bits per heavy atom. The molecule has 4 atom stereocenters. The molecule has 1 aromatic heterocycles. The van der Waals surface area contributed by atoms with Gasteiger partial charge in [0, 0.05) is 19.2 Å². The molecular weight excluding hydrogens is 495 g/mol. The third-order valence-corrected chi connectivity index (χ3v) is 6.30. The van der Waals surface area contributed by atoms with Crippen LogP contribution in [-0.4, -0.2) is 63.9 Å². The fourth-order valence-electron chi connectivity index (χ4n) is 4.23. The molecule has 2 amide bonds. The van der Waals surface area contributed by atoms with Gasteiger partial charge in [0.15, 0.2) is 6.17 Å². The molecule has 200 valence electrons. The molecule has 0 spiro atoms. The number of carboxylic acids is 1. The smallest absolute Gasteiger partial charge is 0.410 e. The number of nitriles is 1. The lowest BCUT2D eigenvalue weighted by molar-refractivity contribution is -0.139. The molecule has 2 heterocycles. The van der Waals surface area contributed by atoms with E-state index in [-0.39, 0.29) is 36.6 Å². The molecular formula is C27H29FN4O6. The standard InChI is InChI=1S/C27H29FN4O6/c1-27(2,3)38-26(36)32-9-7-22(20(28)14-32)37-21-5-4-15(10-17(21)13-29)16-6-8-30-23(11-16)31-24(33)18-12-19(18)25(34)35/h4-6,8,10-11,18-20,22H,7,9,12,14H2,1-3H3,(H,34,35)(H,30,31,33)/t18-,19-,20-,22+/m1/s1. The van der Waals surface area contributed by atoms with Gasteiger partial charge in [0.1, 0.15) is 29.3 Å². The zero-order valence-electron chi connectivity index (χ0n) is 21.3. The summed E-state index contributed by atoms with van der Waals surface area (Å²) in [7, 11) is 0. The molecule has 2 aliphatic rings. The van der Waals surface area contributed by atoms with Crippen LogP contribution in [0.5, 0.6) is 5.75 Å². The number of amides is 2. The van der Waals surface area contributed by atoms with E-state index in [1.165, 1.54) is 11.1 Å². The molecule has 1 aliphatic carbocycles. The largest absolute Gasteiger partial charge is 0.486 e. The number of carboxylic acid groups (broad SMARTS) is 1. The maximum atomic E-state index is 14.9. The molecule has 1 saturated heterocycles. The number of nitrogens with one attached hydrogen (secondary N) is 1. The summed E-state index contributed by atoms with van der Waals surface area (Å²) < 4.78 is 26.1.